The van der Waals surface area contributed by atoms with E-state index in [9.17, 15) is 0 Å². The van der Waals surface area contributed by atoms with Gasteiger partial charge in [-0.25, -0.2) is 0 Å². The van der Waals surface area contributed by atoms with Gasteiger partial charge in [-0.3, -0.25) is 4.90 Å². The Hall–Kier alpha value is -1.10. The summed E-state index contributed by atoms with van der Waals surface area (Å²) in [6, 6.07) is 8.41. The maximum absolute atomic E-state index is 5.82. The van der Waals surface area contributed by atoms with Crippen LogP contribution < -0.4 is 10.5 Å². The van der Waals surface area contributed by atoms with E-state index in [0.29, 0.717) is 0 Å². The molecule has 1 fully saturated rings. The molecule has 112 valence electrons. The molecule has 2 rings (SSSR count). The molecular weight excluding hydrogens is 250 g/mol. The van der Waals surface area contributed by atoms with E-state index in [1.807, 2.05) is 0 Å². The fourth-order valence-electron chi connectivity index (χ4n) is 2.42. The molecule has 0 aliphatic carbocycles. The molecule has 0 amide bonds. The van der Waals surface area contributed by atoms with E-state index >= 15 is 0 Å². The Balaban J connectivity index is 1.66. The summed E-state index contributed by atoms with van der Waals surface area (Å²) in [6.07, 6.45) is 2.10. The second kappa shape index (κ2) is 8.25. The molecule has 1 aromatic carbocycles. The molecule has 2 N–H and O–H groups in total. The summed E-state index contributed by atoms with van der Waals surface area (Å²) in [6.45, 7) is 7.17. The van der Waals surface area contributed by atoms with Gasteiger partial charge in [0.15, 0.2) is 0 Å². The molecule has 4 nitrogen and oxygen atoms in total. The third kappa shape index (κ3) is 5.12. The number of nitrogens with two attached hydrogens (primary N) is 1. The fourth-order valence-corrected chi connectivity index (χ4v) is 2.42. The normalized spacial score (nSPS) is 17.3. The minimum absolute atomic E-state index is 0.753. The van der Waals surface area contributed by atoms with Gasteiger partial charge in [0.2, 0.25) is 0 Å². The van der Waals surface area contributed by atoms with Gasteiger partial charge in [0.1, 0.15) is 12.4 Å². The van der Waals surface area contributed by atoms with Crippen molar-refractivity contribution in [2.75, 3.05) is 52.9 Å². The highest BCUT2D eigenvalue weighted by Gasteiger charge is 2.12. The van der Waals surface area contributed by atoms with Crippen LogP contribution >= 0.6 is 0 Å². The van der Waals surface area contributed by atoms with E-state index in [4.69, 9.17) is 10.5 Å². The van der Waals surface area contributed by atoms with Gasteiger partial charge in [-0.1, -0.05) is 12.1 Å². The number of likely N-dealkylation sites (N-methyl/N-ethyl adjacent to an activating group) is 1. The van der Waals surface area contributed by atoms with Crippen molar-refractivity contribution in [3.05, 3.63) is 29.8 Å². The molecule has 1 heterocycles. The van der Waals surface area contributed by atoms with Gasteiger partial charge in [0.05, 0.1) is 0 Å². The van der Waals surface area contributed by atoms with Crippen LogP contribution in [-0.2, 0) is 6.42 Å². The SMILES string of the molecule is CN1CCN(CCOc2ccc(CCCN)cc2)CC1. The maximum Gasteiger partial charge on any atom is 0.119 e. The Kier molecular flexibility index (Phi) is 6.30. The van der Waals surface area contributed by atoms with Crippen molar-refractivity contribution < 1.29 is 4.74 Å². The van der Waals surface area contributed by atoms with E-state index in [1.165, 1.54) is 5.56 Å². The van der Waals surface area contributed by atoms with E-state index < -0.39 is 0 Å². The Morgan fingerprint density at radius 2 is 1.80 bits per heavy atom. The Morgan fingerprint density at radius 3 is 2.45 bits per heavy atom. The smallest absolute Gasteiger partial charge is 0.119 e. The number of ether oxygens (including phenoxy) is 1. The molecular formula is C16H27N3O. The first-order valence-electron chi connectivity index (χ1n) is 7.60. The highest BCUT2D eigenvalue weighted by Crippen LogP contribution is 2.13. The molecule has 0 bridgehead atoms. The second-order valence-corrected chi connectivity index (χ2v) is 5.53. The highest BCUT2D eigenvalue weighted by atomic mass is 16.5. The van der Waals surface area contributed by atoms with Gasteiger partial charge in [-0.05, 0) is 44.1 Å². The van der Waals surface area contributed by atoms with Gasteiger partial charge < -0.3 is 15.4 Å². The standard InChI is InChI=1S/C16H27N3O/c1-18-9-11-19(12-10-18)13-14-20-16-6-4-15(5-7-16)3-2-8-17/h4-7H,2-3,8-14,17H2,1H3. The van der Waals surface area contributed by atoms with Crippen LogP contribution in [0.5, 0.6) is 5.75 Å². The minimum Gasteiger partial charge on any atom is -0.492 e. The predicted octanol–water partition coefficient (Wildman–Crippen LogP) is 1.20. The summed E-state index contributed by atoms with van der Waals surface area (Å²) in [4.78, 5) is 4.84. The lowest BCUT2D eigenvalue weighted by Gasteiger charge is -2.32. The van der Waals surface area contributed by atoms with Crippen molar-refractivity contribution >= 4 is 0 Å². The van der Waals surface area contributed by atoms with Crippen LogP contribution in [0.25, 0.3) is 0 Å². The topological polar surface area (TPSA) is 41.7 Å². The molecule has 1 aromatic rings. The van der Waals surface area contributed by atoms with Crippen LogP contribution in [0.15, 0.2) is 24.3 Å². The number of nitrogens with zero attached hydrogens (tertiary/aromatic N) is 2. The number of aryl methyl sites for hydroxylation is 1. The van der Waals surface area contributed by atoms with Gasteiger partial charge in [-0.2, -0.15) is 0 Å². The van der Waals surface area contributed by atoms with Gasteiger partial charge >= 0.3 is 0 Å². The summed E-state index contributed by atoms with van der Waals surface area (Å²) in [5.41, 5.74) is 6.85. The number of hydrogen-bond donors (Lipinski definition) is 1. The zero-order valence-electron chi connectivity index (χ0n) is 12.6. The average molecular weight is 277 g/mol. The summed E-state index contributed by atoms with van der Waals surface area (Å²) in [7, 11) is 2.18. The molecule has 1 saturated heterocycles. The fraction of sp³-hybridized carbons (Fsp3) is 0.625. The van der Waals surface area contributed by atoms with Gasteiger partial charge in [0, 0.05) is 32.7 Å². The van der Waals surface area contributed by atoms with Gasteiger partial charge in [-0.15, -0.1) is 0 Å². The van der Waals surface area contributed by atoms with Crippen LogP contribution in [0.2, 0.25) is 0 Å². The molecule has 0 radical (unpaired) electrons. The van der Waals surface area contributed by atoms with Crippen LogP contribution in [0, 0.1) is 0 Å². The number of piperazine rings is 1. The van der Waals surface area contributed by atoms with Crippen molar-refractivity contribution in [3.63, 3.8) is 0 Å². The monoisotopic (exact) mass is 277 g/mol. The second-order valence-electron chi connectivity index (χ2n) is 5.53. The molecule has 0 spiro atoms. The highest BCUT2D eigenvalue weighted by molar-refractivity contribution is 5.27. The number of hydrogen-bond acceptors (Lipinski definition) is 4. The molecule has 1 aliphatic heterocycles. The molecule has 4 heteroatoms. The summed E-state index contributed by atoms with van der Waals surface area (Å²) in [5, 5.41) is 0. The van der Waals surface area contributed by atoms with E-state index in [2.05, 4.69) is 41.1 Å². The van der Waals surface area contributed by atoms with Crippen molar-refractivity contribution in [2.24, 2.45) is 5.73 Å². The first-order valence-corrected chi connectivity index (χ1v) is 7.60. The molecule has 0 unspecified atom stereocenters. The third-order valence-corrected chi connectivity index (χ3v) is 3.87. The van der Waals surface area contributed by atoms with Crippen LogP contribution in [0.1, 0.15) is 12.0 Å². The van der Waals surface area contributed by atoms with Crippen LogP contribution in [0.4, 0.5) is 0 Å². The average Bonchev–Trinajstić information content (AvgIpc) is 2.48. The first kappa shape index (κ1) is 15.3. The molecule has 1 aliphatic rings. The molecule has 0 atom stereocenters. The largest absolute Gasteiger partial charge is 0.492 e. The van der Waals surface area contributed by atoms with E-state index in [-0.39, 0.29) is 0 Å². The van der Waals surface area contributed by atoms with Crippen molar-refractivity contribution in [1.29, 1.82) is 0 Å². The molecule has 0 saturated carbocycles. The third-order valence-electron chi connectivity index (χ3n) is 3.87. The Labute approximate surface area is 122 Å². The summed E-state index contributed by atoms with van der Waals surface area (Å²) >= 11 is 0. The lowest BCUT2D eigenvalue weighted by molar-refractivity contribution is 0.134. The summed E-state index contributed by atoms with van der Waals surface area (Å²) < 4.78 is 5.82. The molecule has 0 aromatic heterocycles. The van der Waals surface area contributed by atoms with Crippen LogP contribution in [0.3, 0.4) is 0 Å². The van der Waals surface area contributed by atoms with Crippen molar-refractivity contribution in [1.82, 2.24) is 9.80 Å². The van der Waals surface area contributed by atoms with Gasteiger partial charge in [0.25, 0.3) is 0 Å². The van der Waals surface area contributed by atoms with Crippen LogP contribution in [-0.4, -0.2) is 62.7 Å². The molecule has 20 heavy (non-hydrogen) atoms. The van der Waals surface area contributed by atoms with Crippen molar-refractivity contribution in [2.45, 2.75) is 12.8 Å². The Morgan fingerprint density at radius 1 is 1.10 bits per heavy atom. The maximum atomic E-state index is 5.82. The predicted molar refractivity (Wildman–Crippen MR) is 83.2 cm³/mol. The lowest BCUT2D eigenvalue weighted by atomic mass is 10.1. The Bertz CT molecular complexity index is 372. The number of rotatable bonds is 7. The zero-order valence-corrected chi connectivity index (χ0v) is 12.6. The van der Waals surface area contributed by atoms with E-state index in [1.54, 1.807) is 0 Å². The lowest BCUT2D eigenvalue weighted by Crippen LogP contribution is -2.45. The zero-order chi connectivity index (χ0) is 14.2. The summed E-state index contributed by atoms with van der Waals surface area (Å²) in [5.74, 6) is 0.968. The van der Waals surface area contributed by atoms with Crippen molar-refractivity contribution in [3.8, 4) is 5.75 Å². The quantitative estimate of drug-likeness (QED) is 0.813. The number of benzene rings is 1. The van der Waals surface area contributed by atoms with E-state index in [0.717, 1.165) is 64.5 Å². The minimum atomic E-state index is 0.753. The first-order chi connectivity index (χ1) is 9.78.